The van der Waals surface area contributed by atoms with Gasteiger partial charge in [-0.25, -0.2) is 14.3 Å². The second kappa shape index (κ2) is 6.17. The van der Waals surface area contributed by atoms with Crippen molar-refractivity contribution in [1.29, 1.82) is 0 Å². The first kappa shape index (κ1) is 14.5. The molecule has 0 saturated heterocycles. The number of hydrogen-bond acceptors (Lipinski definition) is 4. The van der Waals surface area contributed by atoms with E-state index >= 15 is 0 Å². The van der Waals surface area contributed by atoms with Gasteiger partial charge < -0.3 is 4.74 Å². The molecule has 4 aromatic rings. The molecule has 1 aromatic carbocycles. The molecule has 4 rings (SSSR count). The first-order valence-corrected chi connectivity index (χ1v) is 7.61. The van der Waals surface area contributed by atoms with Crippen LogP contribution in [0.15, 0.2) is 73.3 Å². The van der Waals surface area contributed by atoms with Crippen LogP contribution in [0, 0.1) is 0 Å². The first-order chi connectivity index (χ1) is 11.8. The van der Waals surface area contributed by atoms with Gasteiger partial charge in [-0.05, 0) is 24.3 Å². The average molecular weight is 338 g/mol. The molecule has 0 amide bonds. The van der Waals surface area contributed by atoms with E-state index in [0.717, 1.165) is 11.4 Å². The maximum absolute atomic E-state index is 6.10. The van der Waals surface area contributed by atoms with Crippen LogP contribution in [-0.2, 0) is 0 Å². The zero-order chi connectivity index (χ0) is 16.4. The van der Waals surface area contributed by atoms with E-state index in [9.17, 15) is 0 Å². The third-order valence-electron chi connectivity index (χ3n) is 3.33. The van der Waals surface area contributed by atoms with Gasteiger partial charge in [-0.1, -0.05) is 17.7 Å². The normalized spacial score (nSPS) is 10.7. The lowest BCUT2D eigenvalue weighted by atomic mass is 10.3. The molecule has 0 bridgehead atoms. The predicted molar refractivity (Wildman–Crippen MR) is 90.0 cm³/mol. The molecule has 0 aliphatic heterocycles. The predicted octanol–water partition coefficient (Wildman–Crippen LogP) is 3.90. The lowest BCUT2D eigenvalue weighted by Crippen LogP contribution is -1.98. The Balaban J connectivity index is 1.65. The van der Waals surface area contributed by atoms with Gasteiger partial charge in [0.05, 0.1) is 11.4 Å². The summed E-state index contributed by atoms with van der Waals surface area (Å²) in [6.07, 6.45) is 7.12. The van der Waals surface area contributed by atoms with Gasteiger partial charge in [-0.2, -0.15) is 10.2 Å². The highest BCUT2D eigenvalue weighted by Crippen LogP contribution is 2.25. The zero-order valence-electron chi connectivity index (χ0n) is 12.5. The van der Waals surface area contributed by atoms with Crippen molar-refractivity contribution in [3.8, 4) is 23.0 Å². The van der Waals surface area contributed by atoms with Crippen molar-refractivity contribution in [2.45, 2.75) is 0 Å². The van der Waals surface area contributed by atoms with Crippen LogP contribution in [0.1, 0.15) is 0 Å². The van der Waals surface area contributed by atoms with Gasteiger partial charge in [0.1, 0.15) is 10.9 Å². The fourth-order valence-corrected chi connectivity index (χ4v) is 2.49. The van der Waals surface area contributed by atoms with Gasteiger partial charge in [0, 0.05) is 43.0 Å². The topological polar surface area (TPSA) is 57.8 Å². The van der Waals surface area contributed by atoms with Crippen LogP contribution in [0.4, 0.5) is 0 Å². The van der Waals surface area contributed by atoms with Gasteiger partial charge in [0.2, 0.25) is 5.88 Å². The minimum Gasteiger partial charge on any atom is -0.439 e. The smallest absolute Gasteiger partial charge is 0.222 e. The van der Waals surface area contributed by atoms with Crippen LogP contribution in [0.5, 0.6) is 11.6 Å². The molecule has 0 fully saturated rings. The summed E-state index contributed by atoms with van der Waals surface area (Å²) in [5.74, 6) is 1.04. The molecule has 0 atom stereocenters. The van der Waals surface area contributed by atoms with Crippen LogP contribution in [-0.4, -0.2) is 24.5 Å². The Bertz CT molecular complexity index is 951. The van der Waals surface area contributed by atoms with Gasteiger partial charge in [-0.3, -0.25) is 0 Å². The molecule has 118 valence electrons. The number of pyridine rings is 1. The van der Waals surface area contributed by atoms with Crippen molar-refractivity contribution in [1.82, 2.24) is 24.5 Å². The molecule has 0 aliphatic rings. The van der Waals surface area contributed by atoms with Crippen LogP contribution < -0.4 is 4.74 Å². The Hall–Kier alpha value is -3.12. The summed E-state index contributed by atoms with van der Waals surface area (Å²) >= 11 is 6.10. The summed E-state index contributed by atoms with van der Waals surface area (Å²) < 4.78 is 9.31. The first-order valence-electron chi connectivity index (χ1n) is 7.23. The summed E-state index contributed by atoms with van der Waals surface area (Å²) in [7, 11) is 0. The maximum Gasteiger partial charge on any atom is 0.222 e. The van der Waals surface area contributed by atoms with E-state index in [4.69, 9.17) is 16.3 Å². The molecule has 3 aromatic heterocycles. The quantitative estimate of drug-likeness (QED) is 0.530. The van der Waals surface area contributed by atoms with Crippen LogP contribution in [0.2, 0.25) is 5.15 Å². The van der Waals surface area contributed by atoms with Crippen LogP contribution >= 0.6 is 11.6 Å². The van der Waals surface area contributed by atoms with Crippen LogP contribution in [0.25, 0.3) is 11.4 Å². The summed E-state index contributed by atoms with van der Waals surface area (Å²) in [6.45, 7) is 0. The Morgan fingerprint density at radius 1 is 0.833 bits per heavy atom. The van der Waals surface area contributed by atoms with Gasteiger partial charge in [0.25, 0.3) is 0 Å². The summed E-state index contributed by atoms with van der Waals surface area (Å²) in [5, 5.41) is 8.73. The molecule has 0 N–H and O–H groups in total. The summed E-state index contributed by atoms with van der Waals surface area (Å²) in [5.41, 5.74) is 1.67. The Kier molecular flexibility index (Phi) is 3.72. The number of nitrogens with zero attached hydrogens (tertiary/aromatic N) is 5. The molecule has 0 saturated carbocycles. The second-order valence-corrected chi connectivity index (χ2v) is 5.37. The van der Waals surface area contributed by atoms with Crippen molar-refractivity contribution in [3.63, 3.8) is 0 Å². The average Bonchev–Trinajstić information content (AvgIpc) is 3.28. The van der Waals surface area contributed by atoms with E-state index in [-0.39, 0.29) is 0 Å². The minimum atomic E-state index is 0.334. The van der Waals surface area contributed by atoms with Gasteiger partial charge in [-0.15, -0.1) is 0 Å². The Morgan fingerprint density at radius 3 is 2.29 bits per heavy atom. The molecule has 0 spiro atoms. The Labute approximate surface area is 142 Å². The lowest BCUT2D eigenvalue weighted by molar-refractivity contribution is 0.462. The van der Waals surface area contributed by atoms with E-state index in [0.29, 0.717) is 16.8 Å². The molecular formula is C17H12ClN5O. The van der Waals surface area contributed by atoms with Crippen LogP contribution in [0.3, 0.4) is 0 Å². The number of hydrogen-bond donors (Lipinski definition) is 0. The molecular weight excluding hydrogens is 326 g/mol. The van der Waals surface area contributed by atoms with E-state index in [2.05, 4.69) is 15.2 Å². The van der Waals surface area contributed by atoms with Crippen molar-refractivity contribution in [2.75, 3.05) is 0 Å². The molecule has 3 heterocycles. The fourth-order valence-electron chi connectivity index (χ4n) is 2.30. The second-order valence-electron chi connectivity index (χ2n) is 4.99. The highest BCUT2D eigenvalue weighted by Gasteiger charge is 2.07. The molecule has 0 unspecified atom stereocenters. The maximum atomic E-state index is 6.10. The lowest BCUT2D eigenvalue weighted by Gasteiger charge is -2.09. The highest BCUT2D eigenvalue weighted by atomic mass is 35.5. The number of benzene rings is 1. The zero-order valence-corrected chi connectivity index (χ0v) is 13.2. The largest absolute Gasteiger partial charge is 0.439 e. The van der Waals surface area contributed by atoms with Crippen molar-refractivity contribution < 1.29 is 4.74 Å². The number of halogens is 1. The monoisotopic (exact) mass is 337 g/mol. The number of ether oxygens (including phenoxy) is 1. The third-order valence-corrected chi connectivity index (χ3v) is 3.53. The van der Waals surface area contributed by atoms with Crippen molar-refractivity contribution >= 4 is 11.6 Å². The minimum absolute atomic E-state index is 0.334. The Morgan fingerprint density at radius 2 is 1.58 bits per heavy atom. The highest BCUT2D eigenvalue weighted by molar-refractivity contribution is 6.29. The van der Waals surface area contributed by atoms with E-state index in [1.54, 1.807) is 33.9 Å². The van der Waals surface area contributed by atoms with Crippen molar-refractivity contribution in [2.24, 2.45) is 0 Å². The van der Waals surface area contributed by atoms with E-state index in [1.165, 1.54) is 0 Å². The summed E-state index contributed by atoms with van der Waals surface area (Å²) in [4.78, 5) is 4.21. The van der Waals surface area contributed by atoms with Crippen molar-refractivity contribution in [3.05, 3.63) is 78.5 Å². The fraction of sp³-hybridized carbons (Fsp3) is 0. The summed E-state index contributed by atoms with van der Waals surface area (Å²) in [6, 6.07) is 14.8. The molecule has 0 aliphatic carbocycles. The SMILES string of the molecule is Clc1cc(-n2cccn2)cc(Oc2cccc(-n3cccn3)c2)n1. The molecule has 7 heteroatoms. The molecule has 6 nitrogen and oxygen atoms in total. The molecule has 24 heavy (non-hydrogen) atoms. The van der Waals surface area contributed by atoms with E-state index < -0.39 is 0 Å². The standard InChI is InChI=1S/C17H12ClN5O/c18-16-11-14(23-9-3-7-20-23)12-17(21-16)24-15-5-1-4-13(10-15)22-8-2-6-19-22/h1-12H. The third kappa shape index (κ3) is 3.00. The van der Waals surface area contributed by atoms with Gasteiger partial charge >= 0.3 is 0 Å². The number of aromatic nitrogens is 5. The number of rotatable bonds is 4. The van der Waals surface area contributed by atoms with E-state index in [1.807, 2.05) is 48.8 Å². The molecule has 0 radical (unpaired) electrons. The van der Waals surface area contributed by atoms with Gasteiger partial charge in [0.15, 0.2) is 0 Å².